The smallest absolute Gasteiger partial charge is 0.137 e. The summed E-state index contributed by atoms with van der Waals surface area (Å²) in [7, 11) is 0. The fraction of sp³-hybridized carbons (Fsp3) is 0.143. The van der Waals surface area contributed by atoms with Crippen LogP contribution < -0.4 is 10.5 Å². The minimum atomic E-state index is -0.259. The van der Waals surface area contributed by atoms with Gasteiger partial charge in [0.2, 0.25) is 0 Å². The van der Waals surface area contributed by atoms with Gasteiger partial charge in [0, 0.05) is 26.6 Å². The van der Waals surface area contributed by atoms with Gasteiger partial charge < -0.3 is 10.5 Å². The molecule has 1 unspecified atom stereocenters. The molecule has 0 saturated heterocycles. The highest BCUT2D eigenvalue weighted by molar-refractivity contribution is 9.10. The van der Waals surface area contributed by atoms with Gasteiger partial charge in [0.05, 0.1) is 0 Å². The summed E-state index contributed by atoms with van der Waals surface area (Å²) in [6.45, 7) is 0.354. The summed E-state index contributed by atoms with van der Waals surface area (Å²) < 4.78 is 6.83. The van der Waals surface area contributed by atoms with Crippen LogP contribution in [0.5, 0.6) is 5.75 Å². The van der Waals surface area contributed by atoms with Crippen LogP contribution in [0.2, 0.25) is 10.0 Å². The summed E-state index contributed by atoms with van der Waals surface area (Å²) in [6, 6.07) is 12.9. The van der Waals surface area contributed by atoms with E-state index in [0.29, 0.717) is 22.3 Å². The summed E-state index contributed by atoms with van der Waals surface area (Å²) in [5, 5.41) is 1.07. The maximum atomic E-state index is 5.95. The number of nitrogens with two attached hydrogens (primary N) is 1. The van der Waals surface area contributed by atoms with Crippen LogP contribution in [0, 0.1) is 0 Å². The van der Waals surface area contributed by atoms with Crippen LogP contribution in [0.25, 0.3) is 0 Å². The molecule has 1 atom stereocenters. The summed E-state index contributed by atoms with van der Waals surface area (Å²) in [6.07, 6.45) is -0.259. The van der Waals surface area contributed by atoms with Gasteiger partial charge in [0.1, 0.15) is 11.9 Å². The highest BCUT2D eigenvalue weighted by atomic mass is 79.9. The molecule has 0 fully saturated rings. The summed E-state index contributed by atoms with van der Waals surface area (Å²) >= 11 is 15.4. The van der Waals surface area contributed by atoms with Crippen LogP contribution in [0.3, 0.4) is 0 Å². The normalized spacial score (nSPS) is 12.2. The van der Waals surface area contributed by atoms with Crippen LogP contribution in [-0.2, 0) is 0 Å². The van der Waals surface area contributed by atoms with Crippen molar-refractivity contribution < 1.29 is 4.74 Å². The SMILES string of the molecule is NCC(Oc1cc(Cl)cc(Cl)c1)c1ccccc1Br. The van der Waals surface area contributed by atoms with E-state index < -0.39 is 0 Å². The van der Waals surface area contributed by atoms with E-state index in [-0.39, 0.29) is 6.10 Å². The molecule has 2 N–H and O–H groups in total. The molecule has 0 amide bonds. The van der Waals surface area contributed by atoms with E-state index >= 15 is 0 Å². The molecule has 0 aliphatic rings. The molecule has 100 valence electrons. The fourth-order valence-corrected chi connectivity index (χ4v) is 2.78. The molecule has 2 rings (SSSR count). The Morgan fingerprint density at radius 2 is 1.74 bits per heavy atom. The molecule has 0 spiro atoms. The number of hydrogen-bond donors (Lipinski definition) is 1. The number of halogens is 3. The minimum absolute atomic E-state index is 0.259. The Balaban J connectivity index is 2.26. The molecule has 2 aromatic rings. The first-order valence-electron chi connectivity index (χ1n) is 5.67. The molecule has 5 heteroatoms. The van der Waals surface area contributed by atoms with Gasteiger partial charge in [-0.2, -0.15) is 0 Å². The second-order valence-corrected chi connectivity index (χ2v) is 5.70. The van der Waals surface area contributed by atoms with Crippen molar-refractivity contribution in [1.29, 1.82) is 0 Å². The molecule has 0 bridgehead atoms. The molecule has 2 aromatic carbocycles. The van der Waals surface area contributed by atoms with Gasteiger partial charge in [-0.15, -0.1) is 0 Å². The van der Waals surface area contributed by atoms with Crippen molar-refractivity contribution in [3.8, 4) is 5.75 Å². The summed E-state index contributed by atoms with van der Waals surface area (Å²) in [4.78, 5) is 0. The first-order chi connectivity index (χ1) is 9.10. The summed E-state index contributed by atoms with van der Waals surface area (Å²) in [5.41, 5.74) is 6.77. The van der Waals surface area contributed by atoms with Crippen LogP contribution in [0.1, 0.15) is 11.7 Å². The van der Waals surface area contributed by atoms with Crippen molar-refractivity contribution in [3.05, 3.63) is 62.5 Å². The Labute approximate surface area is 130 Å². The number of hydrogen-bond acceptors (Lipinski definition) is 2. The quantitative estimate of drug-likeness (QED) is 0.846. The van der Waals surface area contributed by atoms with Gasteiger partial charge in [-0.05, 0) is 24.3 Å². The van der Waals surface area contributed by atoms with E-state index in [4.69, 9.17) is 33.7 Å². The Kier molecular flexibility index (Phi) is 5.11. The van der Waals surface area contributed by atoms with Gasteiger partial charge in [-0.3, -0.25) is 0 Å². The summed E-state index contributed by atoms with van der Waals surface area (Å²) in [5.74, 6) is 0.601. The highest BCUT2D eigenvalue weighted by Crippen LogP contribution is 2.30. The Morgan fingerprint density at radius 3 is 2.32 bits per heavy atom. The second kappa shape index (κ2) is 6.62. The first kappa shape index (κ1) is 14.7. The zero-order valence-electron chi connectivity index (χ0n) is 9.95. The third-order valence-corrected chi connectivity index (χ3v) is 3.74. The van der Waals surface area contributed by atoms with Gasteiger partial charge in [-0.25, -0.2) is 0 Å². The van der Waals surface area contributed by atoms with Crippen molar-refractivity contribution in [3.63, 3.8) is 0 Å². The molecule has 2 nitrogen and oxygen atoms in total. The van der Waals surface area contributed by atoms with E-state index in [1.165, 1.54) is 0 Å². The van der Waals surface area contributed by atoms with Gasteiger partial charge in [-0.1, -0.05) is 57.3 Å². The molecule has 0 aliphatic carbocycles. The number of rotatable bonds is 4. The predicted octanol–water partition coefficient (Wildman–Crippen LogP) is 4.83. The lowest BCUT2D eigenvalue weighted by Crippen LogP contribution is -2.18. The van der Waals surface area contributed by atoms with Crippen molar-refractivity contribution in [1.82, 2.24) is 0 Å². The number of ether oxygens (including phenoxy) is 1. The van der Waals surface area contributed by atoms with Crippen LogP contribution in [0.4, 0.5) is 0 Å². The van der Waals surface area contributed by atoms with Crippen LogP contribution in [-0.4, -0.2) is 6.54 Å². The first-order valence-corrected chi connectivity index (χ1v) is 7.22. The molecule has 19 heavy (non-hydrogen) atoms. The maximum absolute atomic E-state index is 5.95. The Bertz CT molecular complexity index is 557. The monoisotopic (exact) mass is 359 g/mol. The maximum Gasteiger partial charge on any atom is 0.137 e. The lowest BCUT2D eigenvalue weighted by atomic mass is 10.1. The van der Waals surface area contributed by atoms with Gasteiger partial charge in [0.25, 0.3) is 0 Å². The van der Waals surface area contributed by atoms with Gasteiger partial charge in [0.15, 0.2) is 0 Å². The topological polar surface area (TPSA) is 35.2 Å². The Morgan fingerprint density at radius 1 is 1.11 bits per heavy atom. The zero-order valence-corrected chi connectivity index (χ0v) is 13.0. The molecule has 0 saturated carbocycles. The van der Waals surface area contributed by atoms with Crippen LogP contribution >= 0.6 is 39.1 Å². The molecule has 0 aliphatic heterocycles. The third-order valence-electron chi connectivity index (χ3n) is 2.58. The van der Waals surface area contributed by atoms with Crippen molar-refractivity contribution in [2.24, 2.45) is 5.73 Å². The zero-order chi connectivity index (χ0) is 13.8. The standard InChI is InChI=1S/C14H12BrCl2NO/c15-13-4-2-1-3-12(13)14(8-18)19-11-6-9(16)5-10(17)7-11/h1-7,14H,8,18H2. The lowest BCUT2D eigenvalue weighted by Gasteiger charge is -2.19. The van der Waals surface area contributed by atoms with Crippen molar-refractivity contribution >= 4 is 39.1 Å². The molecule has 0 heterocycles. The second-order valence-electron chi connectivity index (χ2n) is 3.97. The predicted molar refractivity (Wildman–Crippen MR) is 83.0 cm³/mol. The highest BCUT2D eigenvalue weighted by Gasteiger charge is 2.14. The van der Waals surface area contributed by atoms with E-state index in [0.717, 1.165) is 10.0 Å². The number of benzene rings is 2. The van der Waals surface area contributed by atoms with Crippen molar-refractivity contribution in [2.75, 3.05) is 6.54 Å². The molecular weight excluding hydrogens is 349 g/mol. The average Bonchev–Trinajstić information content (AvgIpc) is 2.36. The third kappa shape index (κ3) is 3.86. The minimum Gasteiger partial charge on any atom is -0.484 e. The van der Waals surface area contributed by atoms with Crippen molar-refractivity contribution in [2.45, 2.75) is 6.10 Å². The largest absolute Gasteiger partial charge is 0.484 e. The Hall–Kier alpha value is -0.740. The van der Waals surface area contributed by atoms with Gasteiger partial charge >= 0.3 is 0 Å². The van der Waals surface area contributed by atoms with E-state index in [1.54, 1.807) is 18.2 Å². The molecular formula is C14H12BrCl2NO. The van der Waals surface area contributed by atoms with E-state index in [9.17, 15) is 0 Å². The lowest BCUT2D eigenvalue weighted by molar-refractivity contribution is 0.213. The van der Waals surface area contributed by atoms with Crippen LogP contribution in [0.15, 0.2) is 46.9 Å². The average molecular weight is 361 g/mol. The molecule has 0 aromatic heterocycles. The fourth-order valence-electron chi connectivity index (χ4n) is 1.74. The van der Waals surface area contributed by atoms with E-state index in [2.05, 4.69) is 15.9 Å². The van der Waals surface area contributed by atoms with E-state index in [1.807, 2.05) is 24.3 Å². The molecule has 0 radical (unpaired) electrons.